The Balaban J connectivity index is 0.000000291. The van der Waals surface area contributed by atoms with Crippen LogP contribution < -0.4 is 0 Å². The Morgan fingerprint density at radius 3 is 1.43 bits per heavy atom. The van der Waals surface area contributed by atoms with Crippen LogP contribution in [0.5, 0.6) is 0 Å². The first-order valence-corrected chi connectivity index (χ1v) is 20.8. The van der Waals surface area contributed by atoms with E-state index in [1.807, 2.05) is 48.6 Å². The van der Waals surface area contributed by atoms with Crippen molar-refractivity contribution in [3.63, 3.8) is 0 Å². The number of aryl methyl sites for hydroxylation is 2. The molecule has 0 spiro atoms. The third-order valence-corrected chi connectivity index (χ3v) is 11.6. The lowest BCUT2D eigenvalue weighted by Crippen LogP contribution is -2.23. The van der Waals surface area contributed by atoms with E-state index in [0.29, 0.717) is 57.8 Å². The van der Waals surface area contributed by atoms with Crippen LogP contribution in [0.3, 0.4) is 0 Å². The van der Waals surface area contributed by atoms with Crippen LogP contribution >= 0.6 is 0 Å². The van der Waals surface area contributed by atoms with E-state index in [-0.39, 0.29) is 36.2 Å². The number of rotatable bonds is 23. The molecule has 0 aromatic heterocycles. The third-order valence-electron chi connectivity index (χ3n) is 11.6. The minimum Gasteiger partial charge on any atom is -0.481 e. The van der Waals surface area contributed by atoms with Crippen LogP contribution in [0, 0.1) is 23.7 Å². The number of benzene rings is 2. The van der Waals surface area contributed by atoms with Gasteiger partial charge in [0.05, 0.1) is 36.6 Å². The average molecular weight is 751 g/mol. The molecule has 0 saturated heterocycles. The van der Waals surface area contributed by atoms with Crippen molar-refractivity contribution >= 4 is 5.97 Å². The lowest BCUT2D eigenvalue weighted by molar-refractivity contribution is -0.137. The van der Waals surface area contributed by atoms with E-state index < -0.39 is 36.5 Å². The molecule has 2 aromatic carbocycles. The molecule has 8 heteroatoms. The number of unbranched alkanes of at least 4 members (excludes halogenated alkanes) is 3. The normalized spacial score (nSPS) is 26.6. The SMILES string of the molecule is CCCC/C=C\C[C@@H]1[C@@H](CC[C@@H](O)CCc2ccccc2)[C@H](O)C[C@@H]1O.O=C(O)CCC/C=C\C[C@@H]1[C@@H](CC[C@@H](O)CCc2ccccc2)[C@H](O)C[C@@H]1O. The van der Waals surface area contributed by atoms with Gasteiger partial charge in [-0.1, -0.05) is 105 Å². The number of carbonyl (C=O) groups is 1. The summed E-state index contributed by atoms with van der Waals surface area (Å²) in [5.41, 5.74) is 2.46. The number of hydrogen-bond acceptors (Lipinski definition) is 7. The fraction of sp³-hybridized carbons (Fsp3) is 0.630. The fourth-order valence-electron chi connectivity index (χ4n) is 8.26. The number of allylic oxidation sites excluding steroid dienone is 4. The van der Waals surface area contributed by atoms with Crippen LogP contribution in [0.15, 0.2) is 85.0 Å². The molecule has 0 bridgehead atoms. The van der Waals surface area contributed by atoms with Gasteiger partial charge in [0, 0.05) is 6.42 Å². The van der Waals surface area contributed by atoms with Gasteiger partial charge in [-0.15, -0.1) is 0 Å². The van der Waals surface area contributed by atoms with Crippen LogP contribution in [0.2, 0.25) is 0 Å². The average Bonchev–Trinajstić information content (AvgIpc) is 3.60. The Morgan fingerprint density at radius 2 is 1.02 bits per heavy atom. The second-order valence-corrected chi connectivity index (χ2v) is 15.7. The Labute approximate surface area is 324 Å². The first-order valence-electron chi connectivity index (χ1n) is 20.8. The first kappa shape index (κ1) is 45.5. The lowest BCUT2D eigenvalue weighted by Gasteiger charge is -2.23. The summed E-state index contributed by atoms with van der Waals surface area (Å²) in [5, 5.41) is 70.5. The number of carboxylic acid groups (broad SMARTS) is 1. The zero-order chi connectivity index (χ0) is 39.1. The van der Waals surface area contributed by atoms with Crippen molar-refractivity contribution in [1.29, 1.82) is 0 Å². The van der Waals surface area contributed by atoms with Gasteiger partial charge in [0.1, 0.15) is 0 Å². The zero-order valence-corrected chi connectivity index (χ0v) is 32.6. The van der Waals surface area contributed by atoms with Crippen LogP contribution in [0.25, 0.3) is 0 Å². The molecule has 2 saturated carbocycles. The molecule has 10 atom stereocenters. The molecule has 0 amide bonds. The van der Waals surface area contributed by atoms with E-state index in [2.05, 4.69) is 43.3 Å². The summed E-state index contributed by atoms with van der Waals surface area (Å²) < 4.78 is 0. The van der Waals surface area contributed by atoms with Crippen LogP contribution in [-0.2, 0) is 17.6 Å². The number of aliphatic carboxylic acids is 1. The fourth-order valence-corrected chi connectivity index (χ4v) is 8.26. The van der Waals surface area contributed by atoms with Gasteiger partial charge in [0.15, 0.2) is 0 Å². The van der Waals surface area contributed by atoms with Crippen molar-refractivity contribution in [2.24, 2.45) is 23.7 Å². The van der Waals surface area contributed by atoms with E-state index in [0.717, 1.165) is 38.5 Å². The van der Waals surface area contributed by atoms with Crippen molar-refractivity contribution in [2.45, 2.75) is 159 Å². The van der Waals surface area contributed by atoms with Gasteiger partial charge in [0.25, 0.3) is 0 Å². The molecule has 0 unspecified atom stereocenters. The van der Waals surface area contributed by atoms with E-state index in [1.54, 1.807) is 0 Å². The van der Waals surface area contributed by atoms with E-state index in [4.69, 9.17) is 5.11 Å². The highest BCUT2D eigenvalue weighted by molar-refractivity contribution is 5.66. The number of hydrogen-bond donors (Lipinski definition) is 7. The standard InChI is InChI=1S/C23H34O5.C23H36O3/c24-18(13-12-17-8-4-3-5-9-17)14-15-20-19(21(25)16-22(20)26)10-6-1-2-7-11-23(27)28;1-2-3-4-5-9-12-20-21(23(26)17-22(20)25)16-15-19(24)14-13-18-10-7-6-8-11-18/h1,3-6,8-9,18-22,24-26H,2,7,10-16H2,(H,27,28);5-11,19-26H,2-4,12-17H2,1H3/b6-1-;9-5-/t18-,19+,20+,21-,22+;19-,20+,21+,22-,23+/m00/s1. The van der Waals surface area contributed by atoms with E-state index in [1.165, 1.54) is 24.0 Å². The summed E-state index contributed by atoms with van der Waals surface area (Å²) in [6, 6.07) is 20.3. The molecule has 2 fully saturated rings. The first-order chi connectivity index (χ1) is 26.1. The quantitative estimate of drug-likeness (QED) is 0.0453. The largest absolute Gasteiger partial charge is 0.481 e. The van der Waals surface area contributed by atoms with Crippen LogP contribution in [-0.4, -0.2) is 78.3 Å². The Bertz CT molecular complexity index is 1320. The Kier molecular flexibility index (Phi) is 22.0. The van der Waals surface area contributed by atoms with Crippen molar-refractivity contribution in [3.8, 4) is 0 Å². The summed E-state index contributed by atoms with van der Waals surface area (Å²) in [6.07, 6.45) is 18.9. The van der Waals surface area contributed by atoms with E-state index in [9.17, 15) is 35.4 Å². The number of aliphatic hydroxyl groups is 6. The van der Waals surface area contributed by atoms with Crippen molar-refractivity contribution < 1.29 is 40.5 Å². The predicted molar refractivity (Wildman–Crippen MR) is 216 cm³/mol. The Morgan fingerprint density at radius 1 is 0.611 bits per heavy atom. The smallest absolute Gasteiger partial charge is 0.303 e. The number of aliphatic hydroxyl groups excluding tert-OH is 6. The molecule has 2 aliphatic rings. The van der Waals surface area contributed by atoms with Crippen LogP contribution in [0.4, 0.5) is 0 Å². The lowest BCUT2D eigenvalue weighted by atomic mass is 9.85. The van der Waals surface area contributed by atoms with Gasteiger partial charge >= 0.3 is 5.97 Å². The molecule has 4 rings (SSSR count). The molecule has 2 aromatic rings. The van der Waals surface area contributed by atoms with Crippen molar-refractivity contribution in [2.75, 3.05) is 0 Å². The molecule has 0 radical (unpaired) electrons. The van der Waals surface area contributed by atoms with Crippen LogP contribution in [0.1, 0.15) is 121 Å². The second kappa shape index (κ2) is 26.1. The second-order valence-electron chi connectivity index (χ2n) is 15.7. The molecule has 0 heterocycles. The highest BCUT2D eigenvalue weighted by Crippen LogP contribution is 2.39. The maximum absolute atomic E-state index is 10.5. The molecule has 54 heavy (non-hydrogen) atoms. The van der Waals surface area contributed by atoms with Gasteiger partial charge < -0.3 is 35.7 Å². The zero-order valence-electron chi connectivity index (χ0n) is 32.6. The monoisotopic (exact) mass is 751 g/mol. The highest BCUT2D eigenvalue weighted by atomic mass is 16.4. The third kappa shape index (κ3) is 17.3. The minimum atomic E-state index is -0.784. The van der Waals surface area contributed by atoms with Crippen molar-refractivity contribution in [3.05, 3.63) is 96.1 Å². The van der Waals surface area contributed by atoms with Crippen molar-refractivity contribution in [1.82, 2.24) is 0 Å². The highest BCUT2D eigenvalue weighted by Gasteiger charge is 2.41. The molecule has 0 aliphatic heterocycles. The van der Waals surface area contributed by atoms with Gasteiger partial charge in [-0.05, 0) is 131 Å². The summed E-state index contributed by atoms with van der Waals surface area (Å²) >= 11 is 0. The van der Waals surface area contributed by atoms with Gasteiger partial charge in [-0.2, -0.15) is 0 Å². The minimum absolute atomic E-state index is 0.00736. The molecule has 2 aliphatic carbocycles. The molecular weight excluding hydrogens is 680 g/mol. The summed E-state index contributed by atoms with van der Waals surface area (Å²) in [4.78, 5) is 10.5. The predicted octanol–water partition coefficient (Wildman–Crippen LogP) is 7.57. The molecule has 8 nitrogen and oxygen atoms in total. The molecule has 302 valence electrons. The van der Waals surface area contributed by atoms with Gasteiger partial charge in [-0.25, -0.2) is 0 Å². The topological polar surface area (TPSA) is 159 Å². The maximum Gasteiger partial charge on any atom is 0.303 e. The van der Waals surface area contributed by atoms with Gasteiger partial charge in [-0.3, -0.25) is 4.79 Å². The Hall–Kier alpha value is -2.85. The number of carboxylic acids is 1. The van der Waals surface area contributed by atoms with Gasteiger partial charge in [0.2, 0.25) is 0 Å². The summed E-state index contributed by atoms with van der Waals surface area (Å²) in [6.45, 7) is 2.18. The summed E-state index contributed by atoms with van der Waals surface area (Å²) in [5.74, 6) is -0.595. The molecular formula is C46H70O8. The van der Waals surface area contributed by atoms with E-state index >= 15 is 0 Å². The maximum atomic E-state index is 10.5. The molecule has 7 N–H and O–H groups in total. The summed E-state index contributed by atoms with van der Waals surface area (Å²) in [7, 11) is 0.